The van der Waals surface area contributed by atoms with Crippen molar-refractivity contribution in [2.24, 2.45) is 0 Å². The molecular weight excluding hydrogens is 459 g/mol. The van der Waals surface area contributed by atoms with Gasteiger partial charge in [0.2, 0.25) is 0 Å². The highest BCUT2D eigenvalue weighted by molar-refractivity contribution is 5.94. The summed E-state index contributed by atoms with van der Waals surface area (Å²) in [5.41, 5.74) is 3.77. The number of carbonyl (C=O) groups is 1. The quantitative estimate of drug-likeness (QED) is 0.171. The Kier molecular flexibility index (Phi) is 8.21. The van der Waals surface area contributed by atoms with Crippen LogP contribution < -0.4 is 9.47 Å². The van der Waals surface area contributed by atoms with E-state index in [1.165, 1.54) is 12.1 Å². The van der Waals surface area contributed by atoms with E-state index in [9.17, 15) is 9.18 Å². The van der Waals surface area contributed by atoms with Gasteiger partial charge in [0, 0.05) is 12.1 Å². The molecule has 4 rings (SSSR count). The van der Waals surface area contributed by atoms with Crippen LogP contribution in [0.1, 0.15) is 49.0 Å². The minimum Gasteiger partial charge on any atom is -0.493 e. The van der Waals surface area contributed by atoms with Gasteiger partial charge in [0.05, 0.1) is 30.3 Å². The van der Waals surface area contributed by atoms with Crippen LogP contribution >= 0.6 is 0 Å². The summed E-state index contributed by atoms with van der Waals surface area (Å²) in [5.74, 6) is 1.25. The van der Waals surface area contributed by atoms with E-state index in [0.717, 1.165) is 53.8 Å². The number of hydrogen-bond donors (Lipinski definition) is 0. The van der Waals surface area contributed by atoms with E-state index in [1.807, 2.05) is 30.3 Å². The SMILES string of the molecule is CCCCCn1c(-c2ccc(OCc3cccc(F)c3)c(OC)c2)nc2cc(C(=O)OCC)ccc21. The number of esters is 1. The van der Waals surface area contributed by atoms with Gasteiger partial charge in [-0.05, 0) is 67.4 Å². The van der Waals surface area contributed by atoms with E-state index in [0.29, 0.717) is 23.7 Å². The number of aromatic nitrogens is 2. The van der Waals surface area contributed by atoms with Gasteiger partial charge in [-0.15, -0.1) is 0 Å². The van der Waals surface area contributed by atoms with Crippen molar-refractivity contribution in [1.82, 2.24) is 9.55 Å². The minimum absolute atomic E-state index is 0.222. The molecule has 0 atom stereocenters. The second kappa shape index (κ2) is 11.7. The van der Waals surface area contributed by atoms with Gasteiger partial charge in [-0.3, -0.25) is 0 Å². The number of aryl methyl sites for hydroxylation is 1. The Hall–Kier alpha value is -3.87. The molecule has 36 heavy (non-hydrogen) atoms. The molecule has 0 saturated heterocycles. The number of unbranched alkanes of at least 4 members (excludes halogenated alkanes) is 2. The van der Waals surface area contributed by atoms with Crippen molar-refractivity contribution in [2.45, 2.75) is 46.3 Å². The average molecular weight is 491 g/mol. The Bertz CT molecular complexity index is 1350. The highest BCUT2D eigenvalue weighted by Crippen LogP contribution is 2.34. The van der Waals surface area contributed by atoms with Gasteiger partial charge in [-0.2, -0.15) is 0 Å². The molecule has 1 aromatic heterocycles. The van der Waals surface area contributed by atoms with Crippen molar-refractivity contribution in [2.75, 3.05) is 13.7 Å². The molecule has 0 saturated carbocycles. The summed E-state index contributed by atoms with van der Waals surface area (Å²) in [6.07, 6.45) is 3.23. The van der Waals surface area contributed by atoms with Crippen molar-refractivity contribution in [1.29, 1.82) is 0 Å². The van der Waals surface area contributed by atoms with Gasteiger partial charge in [-0.25, -0.2) is 14.2 Å². The molecule has 0 radical (unpaired) electrons. The molecule has 0 unspecified atom stereocenters. The monoisotopic (exact) mass is 490 g/mol. The Morgan fingerprint density at radius 1 is 1.00 bits per heavy atom. The molecule has 1 heterocycles. The summed E-state index contributed by atoms with van der Waals surface area (Å²) in [4.78, 5) is 17.1. The number of halogens is 1. The molecule has 0 fully saturated rings. The summed E-state index contributed by atoms with van der Waals surface area (Å²) >= 11 is 0. The van der Waals surface area contributed by atoms with Crippen LogP contribution in [0.5, 0.6) is 11.5 Å². The third kappa shape index (κ3) is 5.67. The third-order valence-corrected chi connectivity index (χ3v) is 5.95. The van der Waals surface area contributed by atoms with Crippen molar-refractivity contribution in [3.8, 4) is 22.9 Å². The number of carbonyl (C=O) groups excluding carboxylic acids is 1. The summed E-state index contributed by atoms with van der Waals surface area (Å²) in [5, 5.41) is 0. The second-order valence-corrected chi connectivity index (χ2v) is 8.50. The van der Waals surface area contributed by atoms with Crippen LogP contribution in [0.3, 0.4) is 0 Å². The van der Waals surface area contributed by atoms with E-state index < -0.39 is 0 Å². The van der Waals surface area contributed by atoms with Crippen molar-refractivity contribution >= 4 is 17.0 Å². The van der Waals surface area contributed by atoms with Gasteiger partial charge >= 0.3 is 5.97 Å². The number of nitrogens with zero attached hydrogens (tertiary/aromatic N) is 2. The first-order chi connectivity index (χ1) is 17.5. The summed E-state index contributed by atoms with van der Waals surface area (Å²) in [6.45, 7) is 5.31. The van der Waals surface area contributed by atoms with E-state index in [1.54, 1.807) is 32.2 Å². The standard InChI is InChI=1S/C29H31FN2O4/c1-4-6-7-15-32-25-13-11-22(29(33)35-5-2)17-24(25)31-28(32)21-12-14-26(27(18-21)34-3)36-19-20-9-8-10-23(30)16-20/h8-14,16-18H,4-7,15,19H2,1-3H3. The topological polar surface area (TPSA) is 62.6 Å². The molecule has 0 aliphatic rings. The predicted octanol–water partition coefficient (Wildman–Crippen LogP) is 6.80. The van der Waals surface area contributed by atoms with Crippen LogP contribution in [-0.4, -0.2) is 29.2 Å². The number of hydrogen-bond acceptors (Lipinski definition) is 5. The normalized spacial score (nSPS) is 11.0. The maximum atomic E-state index is 13.5. The lowest BCUT2D eigenvalue weighted by Crippen LogP contribution is -2.04. The smallest absolute Gasteiger partial charge is 0.338 e. The number of methoxy groups -OCH3 is 1. The number of benzene rings is 3. The van der Waals surface area contributed by atoms with E-state index >= 15 is 0 Å². The van der Waals surface area contributed by atoms with Gasteiger partial charge < -0.3 is 18.8 Å². The van der Waals surface area contributed by atoms with Crippen LogP contribution in [0.4, 0.5) is 4.39 Å². The maximum Gasteiger partial charge on any atom is 0.338 e. The zero-order valence-electron chi connectivity index (χ0n) is 20.9. The zero-order chi connectivity index (χ0) is 25.5. The summed E-state index contributed by atoms with van der Waals surface area (Å²) < 4.78 is 32.4. The van der Waals surface area contributed by atoms with E-state index in [-0.39, 0.29) is 18.4 Å². The highest BCUT2D eigenvalue weighted by atomic mass is 19.1. The van der Waals surface area contributed by atoms with Crippen molar-refractivity contribution < 1.29 is 23.4 Å². The molecule has 0 aliphatic heterocycles. The fourth-order valence-electron chi connectivity index (χ4n) is 4.15. The Morgan fingerprint density at radius 2 is 1.86 bits per heavy atom. The average Bonchev–Trinajstić information content (AvgIpc) is 3.25. The van der Waals surface area contributed by atoms with Crippen LogP contribution in [0.15, 0.2) is 60.7 Å². The lowest BCUT2D eigenvalue weighted by molar-refractivity contribution is 0.0526. The van der Waals surface area contributed by atoms with Gasteiger partial charge in [0.15, 0.2) is 11.5 Å². The van der Waals surface area contributed by atoms with Crippen LogP contribution in [0, 0.1) is 5.82 Å². The minimum atomic E-state index is -0.358. The lowest BCUT2D eigenvalue weighted by Gasteiger charge is -2.14. The Morgan fingerprint density at radius 3 is 2.61 bits per heavy atom. The first kappa shape index (κ1) is 25.2. The molecule has 0 amide bonds. The molecular formula is C29H31FN2O4. The Labute approximate surface area is 210 Å². The summed E-state index contributed by atoms with van der Waals surface area (Å²) in [7, 11) is 1.59. The Balaban J connectivity index is 1.68. The summed E-state index contributed by atoms with van der Waals surface area (Å²) in [6, 6.07) is 17.5. The van der Waals surface area contributed by atoms with Gasteiger partial charge in [0.1, 0.15) is 18.2 Å². The number of rotatable bonds is 11. The molecule has 0 N–H and O–H groups in total. The first-order valence-corrected chi connectivity index (χ1v) is 12.3. The molecule has 4 aromatic rings. The zero-order valence-corrected chi connectivity index (χ0v) is 20.9. The maximum absolute atomic E-state index is 13.5. The largest absolute Gasteiger partial charge is 0.493 e. The molecule has 6 nitrogen and oxygen atoms in total. The fourth-order valence-corrected chi connectivity index (χ4v) is 4.15. The predicted molar refractivity (Wildman–Crippen MR) is 138 cm³/mol. The molecule has 0 bridgehead atoms. The number of ether oxygens (including phenoxy) is 3. The fraction of sp³-hybridized carbons (Fsp3) is 0.310. The third-order valence-electron chi connectivity index (χ3n) is 5.95. The van der Waals surface area contributed by atoms with Crippen LogP contribution in [0.2, 0.25) is 0 Å². The van der Waals surface area contributed by atoms with Crippen LogP contribution in [-0.2, 0) is 17.9 Å². The van der Waals surface area contributed by atoms with Gasteiger partial charge in [-0.1, -0.05) is 31.9 Å². The number of imidazole rings is 1. The van der Waals surface area contributed by atoms with Crippen molar-refractivity contribution in [3.05, 3.63) is 77.6 Å². The molecule has 3 aromatic carbocycles. The first-order valence-electron chi connectivity index (χ1n) is 12.3. The molecule has 7 heteroatoms. The molecule has 0 aliphatic carbocycles. The molecule has 188 valence electrons. The van der Waals surface area contributed by atoms with E-state index in [2.05, 4.69) is 11.5 Å². The van der Waals surface area contributed by atoms with Gasteiger partial charge in [0.25, 0.3) is 0 Å². The number of fused-ring (bicyclic) bond motifs is 1. The van der Waals surface area contributed by atoms with Crippen LogP contribution in [0.25, 0.3) is 22.4 Å². The highest BCUT2D eigenvalue weighted by Gasteiger charge is 2.17. The second-order valence-electron chi connectivity index (χ2n) is 8.50. The molecule has 0 spiro atoms. The lowest BCUT2D eigenvalue weighted by atomic mass is 10.1. The van der Waals surface area contributed by atoms with Crippen molar-refractivity contribution in [3.63, 3.8) is 0 Å². The van der Waals surface area contributed by atoms with E-state index in [4.69, 9.17) is 19.2 Å².